The first-order chi connectivity index (χ1) is 12.6. The molecule has 26 heavy (non-hydrogen) atoms. The molecule has 0 bridgehead atoms. The first-order valence-corrected chi connectivity index (χ1v) is 8.87. The number of benzene rings is 1. The minimum Gasteiger partial charge on any atom is -0.367 e. The van der Waals surface area contributed by atoms with Crippen LogP contribution >= 0.6 is 0 Å². The van der Waals surface area contributed by atoms with Crippen LogP contribution in [-0.2, 0) is 0 Å². The van der Waals surface area contributed by atoms with Crippen molar-refractivity contribution in [1.29, 1.82) is 0 Å². The fraction of sp³-hybridized carbons (Fsp3) is 0.300. The van der Waals surface area contributed by atoms with Crippen molar-refractivity contribution in [2.45, 2.75) is 25.8 Å². The summed E-state index contributed by atoms with van der Waals surface area (Å²) in [5, 5.41) is 3.82. The van der Waals surface area contributed by atoms with Gasteiger partial charge in [-0.2, -0.15) is 0 Å². The lowest BCUT2D eigenvalue weighted by atomic mass is 10.0. The lowest BCUT2D eigenvalue weighted by molar-refractivity contribution is 0.0720. The number of aromatic amines is 1. The van der Waals surface area contributed by atoms with Crippen molar-refractivity contribution in [3.05, 3.63) is 59.7 Å². The monoisotopic (exact) mass is 352 g/mol. The standard InChI is InChI=1S/C20H21FN4O/c1-13-4-2-7-18(23-13)24-14-8-10-25(11-9-14)20(26)15-12-22-17-6-3-5-16(21)19(15)17/h2-7,12,14,22H,8-11H2,1H3,(H,23,24). The van der Waals surface area contributed by atoms with Gasteiger partial charge in [0.15, 0.2) is 0 Å². The Morgan fingerprint density at radius 1 is 1.23 bits per heavy atom. The molecule has 1 aromatic carbocycles. The van der Waals surface area contributed by atoms with Crippen molar-refractivity contribution in [2.24, 2.45) is 0 Å². The zero-order valence-corrected chi connectivity index (χ0v) is 14.6. The van der Waals surface area contributed by atoms with Crippen LogP contribution in [0.1, 0.15) is 28.9 Å². The minimum atomic E-state index is -0.367. The van der Waals surface area contributed by atoms with Gasteiger partial charge >= 0.3 is 0 Å². The number of likely N-dealkylation sites (tertiary alicyclic amines) is 1. The summed E-state index contributed by atoms with van der Waals surface area (Å²) in [5.74, 6) is 0.385. The number of carbonyl (C=O) groups excluding carboxylic acids is 1. The molecule has 1 aliphatic rings. The van der Waals surface area contributed by atoms with Crippen LogP contribution in [0.2, 0.25) is 0 Å². The predicted molar refractivity (Wildman–Crippen MR) is 99.8 cm³/mol. The summed E-state index contributed by atoms with van der Waals surface area (Å²) in [4.78, 5) is 22.1. The van der Waals surface area contributed by atoms with E-state index in [1.165, 1.54) is 6.07 Å². The van der Waals surface area contributed by atoms with Crippen molar-refractivity contribution in [3.63, 3.8) is 0 Å². The molecule has 1 amide bonds. The van der Waals surface area contributed by atoms with Crippen LogP contribution in [0.15, 0.2) is 42.6 Å². The van der Waals surface area contributed by atoms with Gasteiger partial charge in [-0.05, 0) is 44.0 Å². The summed E-state index contributed by atoms with van der Waals surface area (Å²) in [6, 6.07) is 11.0. The van der Waals surface area contributed by atoms with Crippen molar-refractivity contribution < 1.29 is 9.18 Å². The molecule has 1 fully saturated rings. The van der Waals surface area contributed by atoms with Crippen LogP contribution in [0.4, 0.5) is 10.2 Å². The molecule has 0 unspecified atom stereocenters. The third-order valence-electron chi connectivity index (χ3n) is 4.91. The average molecular weight is 352 g/mol. The summed E-state index contributed by atoms with van der Waals surface area (Å²) in [6.07, 6.45) is 3.29. The van der Waals surface area contributed by atoms with E-state index >= 15 is 0 Å². The van der Waals surface area contributed by atoms with E-state index in [9.17, 15) is 9.18 Å². The summed E-state index contributed by atoms with van der Waals surface area (Å²) < 4.78 is 14.1. The highest BCUT2D eigenvalue weighted by Crippen LogP contribution is 2.24. The third-order valence-corrected chi connectivity index (χ3v) is 4.91. The number of pyridine rings is 1. The number of hydrogen-bond donors (Lipinski definition) is 2. The zero-order chi connectivity index (χ0) is 18.1. The Morgan fingerprint density at radius 3 is 2.77 bits per heavy atom. The van der Waals surface area contributed by atoms with Gasteiger partial charge in [-0.15, -0.1) is 0 Å². The Morgan fingerprint density at radius 2 is 2.00 bits per heavy atom. The smallest absolute Gasteiger partial charge is 0.256 e. The molecular weight excluding hydrogens is 331 g/mol. The summed E-state index contributed by atoms with van der Waals surface area (Å²) >= 11 is 0. The van der Waals surface area contributed by atoms with Crippen LogP contribution in [0.25, 0.3) is 10.9 Å². The molecule has 3 heterocycles. The Hall–Kier alpha value is -2.89. The Balaban J connectivity index is 1.43. The van der Waals surface area contributed by atoms with Gasteiger partial charge in [-0.1, -0.05) is 12.1 Å². The fourth-order valence-corrected chi connectivity index (χ4v) is 3.54. The number of hydrogen-bond acceptors (Lipinski definition) is 3. The molecule has 0 spiro atoms. The topological polar surface area (TPSA) is 61.0 Å². The number of aryl methyl sites for hydroxylation is 1. The molecule has 0 radical (unpaired) electrons. The van der Waals surface area contributed by atoms with E-state index in [2.05, 4.69) is 15.3 Å². The number of anilines is 1. The highest BCUT2D eigenvalue weighted by atomic mass is 19.1. The molecular formula is C20H21FN4O. The Bertz CT molecular complexity index is 944. The van der Waals surface area contributed by atoms with Crippen molar-refractivity contribution >= 4 is 22.6 Å². The van der Waals surface area contributed by atoms with Crippen molar-refractivity contribution in [3.8, 4) is 0 Å². The number of carbonyl (C=O) groups is 1. The van der Waals surface area contributed by atoms with E-state index in [4.69, 9.17) is 0 Å². The maximum Gasteiger partial charge on any atom is 0.256 e. The lowest BCUT2D eigenvalue weighted by Crippen LogP contribution is -2.42. The number of nitrogens with zero attached hydrogens (tertiary/aromatic N) is 2. The molecule has 134 valence electrons. The normalized spacial score (nSPS) is 15.4. The van der Waals surface area contributed by atoms with E-state index in [1.54, 1.807) is 23.2 Å². The molecule has 1 saturated heterocycles. The number of nitrogens with one attached hydrogen (secondary N) is 2. The average Bonchev–Trinajstić information content (AvgIpc) is 3.07. The van der Waals surface area contributed by atoms with Crippen LogP contribution in [-0.4, -0.2) is 39.9 Å². The number of fused-ring (bicyclic) bond motifs is 1. The molecule has 2 N–H and O–H groups in total. The van der Waals surface area contributed by atoms with Crippen molar-refractivity contribution in [2.75, 3.05) is 18.4 Å². The molecule has 3 aromatic rings. The molecule has 6 heteroatoms. The second-order valence-electron chi connectivity index (χ2n) is 6.74. The molecule has 0 atom stereocenters. The van der Waals surface area contributed by atoms with Crippen LogP contribution < -0.4 is 5.32 Å². The van der Waals surface area contributed by atoms with Crippen LogP contribution in [0.3, 0.4) is 0 Å². The minimum absolute atomic E-state index is 0.117. The second-order valence-corrected chi connectivity index (χ2v) is 6.74. The molecule has 1 aliphatic heterocycles. The van der Waals surface area contributed by atoms with Crippen LogP contribution in [0, 0.1) is 12.7 Å². The van der Waals surface area contributed by atoms with Gasteiger partial charge in [0.2, 0.25) is 0 Å². The van der Waals surface area contributed by atoms with E-state index in [0.29, 0.717) is 29.6 Å². The van der Waals surface area contributed by atoms with Gasteiger partial charge in [-0.25, -0.2) is 9.37 Å². The summed E-state index contributed by atoms with van der Waals surface area (Å²) in [6.45, 7) is 3.25. The Labute approximate surface area is 151 Å². The number of amides is 1. The van der Waals surface area contributed by atoms with Crippen molar-refractivity contribution in [1.82, 2.24) is 14.9 Å². The van der Waals surface area contributed by atoms with Gasteiger partial charge in [-0.3, -0.25) is 4.79 Å². The van der Waals surface area contributed by atoms with Gasteiger partial charge in [0.1, 0.15) is 11.6 Å². The van der Waals surface area contributed by atoms with Crippen LogP contribution in [0.5, 0.6) is 0 Å². The largest absolute Gasteiger partial charge is 0.367 e. The van der Waals surface area contributed by atoms with E-state index in [1.807, 2.05) is 25.1 Å². The quantitative estimate of drug-likeness (QED) is 0.755. The fourth-order valence-electron chi connectivity index (χ4n) is 3.54. The number of H-pyrrole nitrogens is 1. The summed E-state index contributed by atoms with van der Waals surface area (Å²) in [7, 11) is 0. The highest BCUT2D eigenvalue weighted by molar-refractivity contribution is 6.06. The predicted octanol–water partition coefficient (Wildman–Crippen LogP) is 3.73. The lowest BCUT2D eigenvalue weighted by Gasteiger charge is -2.32. The number of rotatable bonds is 3. The number of halogens is 1. The number of aromatic nitrogens is 2. The zero-order valence-electron chi connectivity index (χ0n) is 14.6. The van der Waals surface area contributed by atoms with Gasteiger partial charge in [0.25, 0.3) is 5.91 Å². The maximum absolute atomic E-state index is 14.1. The molecule has 0 aliphatic carbocycles. The molecule has 5 nitrogen and oxygen atoms in total. The second kappa shape index (κ2) is 6.78. The van der Waals surface area contributed by atoms with Gasteiger partial charge in [0, 0.05) is 41.9 Å². The Kier molecular flexibility index (Phi) is 4.32. The van der Waals surface area contributed by atoms with Gasteiger partial charge in [0.05, 0.1) is 5.56 Å². The van der Waals surface area contributed by atoms with E-state index < -0.39 is 0 Å². The molecule has 2 aromatic heterocycles. The highest BCUT2D eigenvalue weighted by Gasteiger charge is 2.26. The van der Waals surface area contributed by atoms with E-state index in [0.717, 1.165) is 24.4 Å². The van der Waals surface area contributed by atoms with E-state index in [-0.39, 0.29) is 17.8 Å². The number of piperidine rings is 1. The first-order valence-electron chi connectivity index (χ1n) is 8.87. The third kappa shape index (κ3) is 3.14. The SMILES string of the molecule is Cc1cccc(NC2CCN(C(=O)c3c[nH]c4cccc(F)c34)CC2)n1. The molecule has 4 rings (SSSR count). The van der Waals surface area contributed by atoms with Gasteiger partial charge < -0.3 is 15.2 Å². The molecule has 0 saturated carbocycles. The first kappa shape index (κ1) is 16.6. The maximum atomic E-state index is 14.1. The summed E-state index contributed by atoms with van der Waals surface area (Å²) in [5.41, 5.74) is 2.03.